The van der Waals surface area contributed by atoms with E-state index in [-0.39, 0.29) is 0 Å². The van der Waals surface area contributed by atoms with Gasteiger partial charge in [-0.15, -0.1) is 0 Å². The second kappa shape index (κ2) is 7.93. The van der Waals surface area contributed by atoms with Crippen LogP contribution in [-0.2, 0) is 6.54 Å². The zero-order chi connectivity index (χ0) is 15.1. The summed E-state index contributed by atoms with van der Waals surface area (Å²) in [7, 11) is 1.67. The van der Waals surface area contributed by atoms with Crippen LogP contribution in [0.5, 0.6) is 11.5 Å². The third-order valence-corrected chi connectivity index (χ3v) is 3.56. The van der Waals surface area contributed by atoms with Crippen LogP contribution in [0.4, 0.5) is 5.69 Å². The smallest absolute Gasteiger partial charge is 0.161 e. The van der Waals surface area contributed by atoms with Gasteiger partial charge in [0, 0.05) is 16.7 Å². The van der Waals surface area contributed by atoms with E-state index >= 15 is 0 Å². The maximum absolute atomic E-state index is 5.66. The summed E-state index contributed by atoms with van der Waals surface area (Å²) in [5.41, 5.74) is 2.24. The molecule has 0 saturated heterocycles. The Morgan fingerprint density at radius 1 is 1.05 bits per heavy atom. The molecule has 3 nitrogen and oxygen atoms in total. The van der Waals surface area contributed by atoms with Gasteiger partial charge in [0.05, 0.1) is 13.7 Å². The van der Waals surface area contributed by atoms with E-state index in [0.29, 0.717) is 6.61 Å². The molecule has 0 aromatic heterocycles. The number of rotatable bonds is 7. The van der Waals surface area contributed by atoms with E-state index in [9.17, 15) is 0 Å². The Hall–Kier alpha value is -1.68. The Kier molecular flexibility index (Phi) is 5.93. The number of nitrogens with one attached hydrogen (secondary N) is 1. The number of benzene rings is 2. The summed E-state index contributed by atoms with van der Waals surface area (Å²) in [5, 5.41) is 3.38. The van der Waals surface area contributed by atoms with Crippen LogP contribution < -0.4 is 14.8 Å². The zero-order valence-electron chi connectivity index (χ0n) is 12.4. The summed E-state index contributed by atoms with van der Waals surface area (Å²) in [4.78, 5) is 0. The van der Waals surface area contributed by atoms with Gasteiger partial charge in [0.2, 0.25) is 0 Å². The molecule has 2 aromatic carbocycles. The van der Waals surface area contributed by atoms with E-state index in [2.05, 4.69) is 34.2 Å². The van der Waals surface area contributed by atoms with E-state index in [1.54, 1.807) is 7.11 Å². The van der Waals surface area contributed by atoms with Gasteiger partial charge in [0.25, 0.3) is 0 Å². The predicted molar refractivity (Wildman–Crippen MR) is 90.2 cm³/mol. The minimum Gasteiger partial charge on any atom is -0.493 e. The van der Waals surface area contributed by atoms with Gasteiger partial charge in [-0.25, -0.2) is 0 Å². The molecule has 0 atom stereocenters. The normalized spacial score (nSPS) is 10.2. The molecule has 1 N–H and O–H groups in total. The quantitative estimate of drug-likeness (QED) is 0.774. The highest BCUT2D eigenvalue weighted by Crippen LogP contribution is 2.28. The number of hydrogen-bond donors (Lipinski definition) is 1. The van der Waals surface area contributed by atoms with Gasteiger partial charge >= 0.3 is 0 Å². The topological polar surface area (TPSA) is 30.5 Å². The van der Waals surface area contributed by atoms with Crippen molar-refractivity contribution in [1.29, 1.82) is 0 Å². The van der Waals surface area contributed by atoms with Gasteiger partial charge in [0.15, 0.2) is 11.5 Å². The molecule has 0 heterocycles. The molecule has 4 heteroatoms. The summed E-state index contributed by atoms with van der Waals surface area (Å²) in [6.07, 6.45) is 0.982. The first-order chi connectivity index (χ1) is 10.2. The lowest BCUT2D eigenvalue weighted by Crippen LogP contribution is -2.02. The van der Waals surface area contributed by atoms with E-state index in [4.69, 9.17) is 9.47 Å². The fraction of sp³-hybridized carbons (Fsp3) is 0.294. The molecule has 0 spiro atoms. The molecule has 0 aliphatic rings. The van der Waals surface area contributed by atoms with Crippen molar-refractivity contribution in [3.63, 3.8) is 0 Å². The van der Waals surface area contributed by atoms with Crippen LogP contribution in [-0.4, -0.2) is 13.7 Å². The van der Waals surface area contributed by atoms with Gasteiger partial charge in [-0.1, -0.05) is 28.9 Å². The largest absolute Gasteiger partial charge is 0.493 e. The first-order valence-electron chi connectivity index (χ1n) is 7.02. The van der Waals surface area contributed by atoms with Gasteiger partial charge < -0.3 is 14.8 Å². The minimum atomic E-state index is 0.701. The first kappa shape index (κ1) is 15.7. The lowest BCUT2D eigenvalue weighted by molar-refractivity contribution is 0.294. The van der Waals surface area contributed by atoms with Crippen molar-refractivity contribution < 1.29 is 9.47 Å². The molecule has 0 unspecified atom stereocenters. The summed E-state index contributed by atoms with van der Waals surface area (Å²) in [6, 6.07) is 14.2. The average molecular weight is 350 g/mol. The molecule has 0 radical (unpaired) electrons. The van der Waals surface area contributed by atoms with Crippen molar-refractivity contribution >= 4 is 21.6 Å². The zero-order valence-corrected chi connectivity index (χ0v) is 13.9. The Morgan fingerprint density at radius 3 is 2.48 bits per heavy atom. The summed E-state index contributed by atoms with van der Waals surface area (Å²) in [5.74, 6) is 1.57. The van der Waals surface area contributed by atoms with Crippen LogP contribution in [0.15, 0.2) is 46.9 Å². The molecule has 0 bridgehead atoms. The van der Waals surface area contributed by atoms with Gasteiger partial charge in [-0.3, -0.25) is 0 Å². The van der Waals surface area contributed by atoms with Gasteiger partial charge in [-0.05, 0) is 48.4 Å². The lowest BCUT2D eigenvalue weighted by Gasteiger charge is -2.12. The van der Waals surface area contributed by atoms with E-state index in [1.807, 2.05) is 36.4 Å². The second-order valence-electron chi connectivity index (χ2n) is 4.69. The van der Waals surface area contributed by atoms with Gasteiger partial charge in [0.1, 0.15) is 0 Å². The van der Waals surface area contributed by atoms with E-state index in [1.165, 1.54) is 0 Å². The average Bonchev–Trinajstić information content (AvgIpc) is 2.52. The number of ether oxygens (including phenoxy) is 2. The second-order valence-corrected chi connectivity index (χ2v) is 5.61. The highest BCUT2D eigenvalue weighted by Gasteiger charge is 2.05. The standard InChI is InChI=1S/C17H20BrNO2/c1-3-10-21-16-9-4-13(11-17(16)20-2)12-19-15-7-5-14(18)6-8-15/h4-9,11,19H,3,10,12H2,1-2H3. The molecule has 0 saturated carbocycles. The molecule has 0 amide bonds. The van der Waals surface area contributed by atoms with Crippen LogP contribution in [0, 0.1) is 0 Å². The Labute approximate surface area is 134 Å². The first-order valence-corrected chi connectivity index (χ1v) is 7.81. The van der Waals surface area contributed by atoms with Crippen LogP contribution in [0.3, 0.4) is 0 Å². The molecular formula is C17H20BrNO2. The molecule has 0 aliphatic heterocycles. The molecule has 112 valence electrons. The van der Waals surface area contributed by atoms with Crippen molar-refractivity contribution in [1.82, 2.24) is 0 Å². The molecule has 2 rings (SSSR count). The van der Waals surface area contributed by atoms with E-state index in [0.717, 1.165) is 40.2 Å². The van der Waals surface area contributed by atoms with Crippen molar-refractivity contribution in [2.75, 3.05) is 19.0 Å². The van der Waals surface area contributed by atoms with Crippen LogP contribution in [0.25, 0.3) is 0 Å². The molecule has 0 aliphatic carbocycles. The molecule has 2 aromatic rings. The van der Waals surface area contributed by atoms with Crippen LogP contribution >= 0.6 is 15.9 Å². The maximum atomic E-state index is 5.66. The Balaban J connectivity index is 2.01. The molecular weight excluding hydrogens is 330 g/mol. The van der Waals surface area contributed by atoms with E-state index < -0.39 is 0 Å². The maximum Gasteiger partial charge on any atom is 0.161 e. The van der Waals surface area contributed by atoms with Crippen LogP contribution in [0.1, 0.15) is 18.9 Å². The third-order valence-electron chi connectivity index (χ3n) is 3.03. The highest BCUT2D eigenvalue weighted by atomic mass is 79.9. The fourth-order valence-electron chi connectivity index (χ4n) is 1.93. The summed E-state index contributed by atoms with van der Waals surface area (Å²) in [6.45, 7) is 3.53. The van der Waals surface area contributed by atoms with Crippen molar-refractivity contribution in [3.05, 3.63) is 52.5 Å². The number of halogens is 1. The fourth-order valence-corrected chi connectivity index (χ4v) is 2.19. The number of anilines is 1. The number of methoxy groups -OCH3 is 1. The number of hydrogen-bond acceptors (Lipinski definition) is 3. The minimum absolute atomic E-state index is 0.701. The van der Waals surface area contributed by atoms with Crippen molar-refractivity contribution in [2.24, 2.45) is 0 Å². The van der Waals surface area contributed by atoms with Crippen molar-refractivity contribution in [2.45, 2.75) is 19.9 Å². The van der Waals surface area contributed by atoms with Gasteiger partial charge in [-0.2, -0.15) is 0 Å². The third kappa shape index (κ3) is 4.67. The van der Waals surface area contributed by atoms with Crippen molar-refractivity contribution in [3.8, 4) is 11.5 Å². The summed E-state index contributed by atoms with van der Waals surface area (Å²) >= 11 is 3.43. The van der Waals surface area contributed by atoms with Crippen LogP contribution in [0.2, 0.25) is 0 Å². The SMILES string of the molecule is CCCOc1ccc(CNc2ccc(Br)cc2)cc1OC. The molecule has 0 fully saturated rings. The lowest BCUT2D eigenvalue weighted by atomic mass is 10.2. The monoisotopic (exact) mass is 349 g/mol. The summed E-state index contributed by atoms with van der Waals surface area (Å²) < 4.78 is 12.1. The Morgan fingerprint density at radius 2 is 1.81 bits per heavy atom. The Bertz CT molecular complexity index is 570. The highest BCUT2D eigenvalue weighted by molar-refractivity contribution is 9.10. The predicted octanol–water partition coefficient (Wildman–Crippen LogP) is 4.86. The molecule has 21 heavy (non-hydrogen) atoms.